The van der Waals surface area contributed by atoms with Gasteiger partial charge in [-0.15, -0.1) is 0 Å². The zero-order valence-corrected chi connectivity index (χ0v) is 11.9. The van der Waals surface area contributed by atoms with Crippen LogP contribution in [0.1, 0.15) is 5.56 Å². The third-order valence-electron chi connectivity index (χ3n) is 2.94. The van der Waals surface area contributed by atoms with Gasteiger partial charge in [0.05, 0.1) is 4.20 Å². The molecule has 0 fully saturated rings. The number of fused-ring (bicyclic) bond motifs is 1. The lowest BCUT2D eigenvalue weighted by atomic mass is 10.1. The molecule has 0 aliphatic carbocycles. The van der Waals surface area contributed by atoms with Crippen molar-refractivity contribution < 1.29 is 0 Å². The normalized spacial score (nSPS) is 10.5. The average molecular weight is 280 g/mol. The van der Waals surface area contributed by atoms with Crippen molar-refractivity contribution in [2.24, 2.45) is 0 Å². The smallest absolute Gasteiger partial charge is 0.0777 e. The van der Waals surface area contributed by atoms with Crippen molar-refractivity contribution in [1.29, 1.82) is 0 Å². The maximum Gasteiger partial charge on any atom is 0.0826 e. The van der Waals surface area contributed by atoms with Gasteiger partial charge in [0.25, 0.3) is 0 Å². The third kappa shape index (κ3) is 2.86. The van der Waals surface area contributed by atoms with Crippen LogP contribution < -0.4 is 0 Å². The fourth-order valence-electron chi connectivity index (χ4n) is 1.97. The fourth-order valence-corrected chi connectivity index (χ4v) is 3.14. The molecule has 0 bridgehead atoms. The largest absolute Gasteiger partial charge is 0.0826 e. The van der Waals surface area contributed by atoms with Crippen LogP contribution in [0.3, 0.4) is 0 Å². The Kier molecular flexibility index (Phi) is 3.62. The number of thioether (sulfide) groups is 1. The van der Waals surface area contributed by atoms with Crippen LogP contribution >= 0.6 is 24.0 Å². The summed E-state index contributed by atoms with van der Waals surface area (Å²) in [5, 5.41) is 2.48. The van der Waals surface area contributed by atoms with Crippen LogP contribution in [0.5, 0.6) is 0 Å². The molecule has 0 amide bonds. The van der Waals surface area contributed by atoms with Crippen molar-refractivity contribution in [3.63, 3.8) is 0 Å². The Hall–Kier alpha value is -1.64. The van der Waals surface area contributed by atoms with Crippen LogP contribution in [0.15, 0.2) is 77.7 Å². The van der Waals surface area contributed by atoms with Crippen LogP contribution in [0, 0.1) is 0 Å². The monoisotopic (exact) mass is 280 g/mol. The topological polar surface area (TPSA) is 0 Å². The second-order valence-corrected chi connectivity index (χ2v) is 6.01. The molecule has 19 heavy (non-hydrogen) atoms. The van der Waals surface area contributed by atoms with Crippen molar-refractivity contribution >= 4 is 38.9 Å². The molecule has 0 atom stereocenters. The van der Waals surface area contributed by atoms with Gasteiger partial charge in [-0.25, -0.2) is 0 Å². The fraction of sp³-hybridized carbons (Fsp3) is 0. The molecule has 3 aromatic rings. The summed E-state index contributed by atoms with van der Waals surface area (Å²) >= 11 is 7.17. The predicted molar refractivity (Wildman–Crippen MR) is 87.9 cm³/mol. The molecule has 0 radical (unpaired) electrons. The first-order valence-corrected chi connectivity index (χ1v) is 7.31. The van der Waals surface area contributed by atoms with E-state index in [1.165, 1.54) is 15.7 Å². The first-order chi connectivity index (χ1) is 9.33. The van der Waals surface area contributed by atoms with Gasteiger partial charge in [-0.2, -0.15) is 0 Å². The molecule has 0 saturated heterocycles. The van der Waals surface area contributed by atoms with Crippen LogP contribution in [0.25, 0.3) is 10.8 Å². The summed E-state index contributed by atoms with van der Waals surface area (Å²) in [4.78, 5) is 1.18. The quantitative estimate of drug-likeness (QED) is 0.461. The van der Waals surface area contributed by atoms with E-state index in [0.717, 1.165) is 9.76 Å². The minimum absolute atomic E-state index is 0.914. The van der Waals surface area contributed by atoms with Gasteiger partial charge < -0.3 is 0 Å². The van der Waals surface area contributed by atoms with Gasteiger partial charge in [-0.1, -0.05) is 78.6 Å². The summed E-state index contributed by atoms with van der Waals surface area (Å²) in [6, 6.07) is 25.0. The molecule has 3 rings (SSSR count). The Morgan fingerprint density at radius 2 is 1.42 bits per heavy atom. The highest BCUT2D eigenvalue weighted by Gasteiger charge is 2.04. The lowest BCUT2D eigenvalue weighted by molar-refractivity contribution is 1.48. The molecule has 0 aromatic heterocycles. The van der Waals surface area contributed by atoms with Crippen molar-refractivity contribution in [2.75, 3.05) is 0 Å². The molecular formula is C17H12S2. The average Bonchev–Trinajstić information content (AvgIpc) is 2.48. The summed E-state index contributed by atoms with van der Waals surface area (Å²) in [6.45, 7) is 0. The first kappa shape index (κ1) is 12.4. The Labute approximate surface area is 122 Å². The van der Waals surface area contributed by atoms with E-state index in [9.17, 15) is 0 Å². The van der Waals surface area contributed by atoms with Crippen LogP contribution in [-0.2, 0) is 0 Å². The van der Waals surface area contributed by atoms with Crippen molar-refractivity contribution in [3.8, 4) is 0 Å². The molecule has 3 aromatic carbocycles. The van der Waals surface area contributed by atoms with Crippen LogP contribution in [0.2, 0.25) is 0 Å². The summed E-state index contributed by atoms with van der Waals surface area (Å²) in [6.07, 6.45) is 0. The molecule has 0 nitrogen and oxygen atoms in total. The minimum atomic E-state index is 0.914. The highest BCUT2D eigenvalue weighted by molar-refractivity contribution is 8.23. The Balaban J connectivity index is 1.89. The van der Waals surface area contributed by atoms with E-state index in [2.05, 4.69) is 54.6 Å². The molecular weight excluding hydrogens is 268 g/mol. The summed E-state index contributed by atoms with van der Waals surface area (Å²) in [5.74, 6) is 0. The molecule has 0 aliphatic rings. The lowest BCUT2D eigenvalue weighted by Crippen LogP contribution is -1.91. The Bertz CT molecular complexity index is 717. The predicted octanol–water partition coefficient (Wildman–Crippen LogP) is 5.31. The second kappa shape index (κ2) is 5.55. The van der Waals surface area contributed by atoms with Crippen molar-refractivity contribution in [1.82, 2.24) is 0 Å². The van der Waals surface area contributed by atoms with E-state index in [-0.39, 0.29) is 0 Å². The summed E-state index contributed by atoms with van der Waals surface area (Å²) in [7, 11) is 0. The third-order valence-corrected chi connectivity index (χ3v) is 4.35. The van der Waals surface area contributed by atoms with Crippen LogP contribution in [-0.4, -0.2) is 4.20 Å². The van der Waals surface area contributed by atoms with E-state index in [1.807, 2.05) is 18.2 Å². The molecule has 2 heteroatoms. The van der Waals surface area contributed by atoms with E-state index < -0.39 is 0 Å². The van der Waals surface area contributed by atoms with Gasteiger partial charge in [-0.05, 0) is 34.5 Å². The summed E-state index contributed by atoms with van der Waals surface area (Å²) in [5.41, 5.74) is 1.11. The maximum atomic E-state index is 5.53. The van der Waals surface area contributed by atoms with Gasteiger partial charge in [0.15, 0.2) is 0 Å². The zero-order valence-electron chi connectivity index (χ0n) is 10.2. The highest BCUT2D eigenvalue weighted by atomic mass is 32.2. The zero-order chi connectivity index (χ0) is 13.1. The molecule has 0 saturated carbocycles. The molecule has 92 valence electrons. The van der Waals surface area contributed by atoms with Crippen molar-refractivity contribution in [3.05, 3.63) is 78.4 Å². The van der Waals surface area contributed by atoms with E-state index in [4.69, 9.17) is 12.2 Å². The number of benzene rings is 3. The van der Waals surface area contributed by atoms with Gasteiger partial charge in [0, 0.05) is 4.90 Å². The highest BCUT2D eigenvalue weighted by Crippen LogP contribution is 2.25. The van der Waals surface area contributed by atoms with Gasteiger partial charge in [0.1, 0.15) is 0 Å². The second-order valence-electron chi connectivity index (χ2n) is 4.26. The standard InChI is InChI=1S/C17H12S2/c18-17(19-16-8-2-1-3-9-16)15-11-10-13-6-4-5-7-14(13)12-15/h1-12H. The summed E-state index contributed by atoms with van der Waals surface area (Å²) < 4.78 is 0.914. The number of thiocarbonyl (C=S) groups is 1. The first-order valence-electron chi connectivity index (χ1n) is 6.09. The molecule has 0 N–H and O–H groups in total. The van der Waals surface area contributed by atoms with E-state index in [0.29, 0.717) is 0 Å². The number of hydrogen-bond acceptors (Lipinski definition) is 2. The molecule has 0 unspecified atom stereocenters. The maximum absolute atomic E-state index is 5.53. The molecule has 0 aliphatic heterocycles. The van der Waals surface area contributed by atoms with Gasteiger partial charge in [-0.3, -0.25) is 0 Å². The molecule has 0 spiro atoms. The van der Waals surface area contributed by atoms with Gasteiger partial charge >= 0.3 is 0 Å². The Morgan fingerprint density at radius 3 is 2.21 bits per heavy atom. The van der Waals surface area contributed by atoms with Crippen LogP contribution in [0.4, 0.5) is 0 Å². The number of hydrogen-bond donors (Lipinski definition) is 0. The van der Waals surface area contributed by atoms with Crippen molar-refractivity contribution in [2.45, 2.75) is 4.90 Å². The Morgan fingerprint density at radius 1 is 0.737 bits per heavy atom. The SMILES string of the molecule is S=C(Sc1ccccc1)c1ccc2ccccc2c1. The van der Waals surface area contributed by atoms with E-state index in [1.54, 1.807) is 11.8 Å². The number of rotatable bonds is 2. The lowest BCUT2D eigenvalue weighted by Gasteiger charge is -2.05. The van der Waals surface area contributed by atoms with E-state index >= 15 is 0 Å². The van der Waals surface area contributed by atoms with Gasteiger partial charge in [0.2, 0.25) is 0 Å². The molecule has 0 heterocycles. The minimum Gasteiger partial charge on any atom is -0.0777 e.